The normalized spacial score (nSPS) is 27.2. The molecule has 1 amide bonds. The molecule has 2 fully saturated rings. The Morgan fingerprint density at radius 2 is 1.67 bits per heavy atom. The van der Waals surface area contributed by atoms with Crippen molar-refractivity contribution in [3.8, 4) is 0 Å². The van der Waals surface area contributed by atoms with E-state index in [2.05, 4.69) is 10.0 Å². The number of hydrogen-bond donors (Lipinski definition) is 2. The molecular formula is C14H26N2O4S. The highest BCUT2D eigenvalue weighted by Gasteiger charge is 2.41. The first-order chi connectivity index (χ1) is 9.66. The van der Waals surface area contributed by atoms with Crippen LogP contribution < -0.4 is 10.0 Å². The van der Waals surface area contributed by atoms with E-state index in [1.165, 1.54) is 0 Å². The summed E-state index contributed by atoms with van der Waals surface area (Å²) in [7, 11) is -3.25. The summed E-state index contributed by atoms with van der Waals surface area (Å²) in [5, 5.41) is 2.32. The van der Waals surface area contributed by atoms with Crippen molar-refractivity contribution in [3.05, 3.63) is 0 Å². The zero-order valence-electron chi connectivity index (χ0n) is 13.0. The molecule has 0 aromatic rings. The van der Waals surface area contributed by atoms with Crippen LogP contribution in [0.25, 0.3) is 0 Å². The smallest absolute Gasteiger partial charge is 0.407 e. The molecule has 0 spiro atoms. The maximum Gasteiger partial charge on any atom is 0.407 e. The Kier molecular flexibility index (Phi) is 4.82. The van der Waals surface area contributed by atoms with Gasteiger partial charge in [0, 0.05) is 12.1 Å². The predicted molar refractivity (Wildman–Crippen MR) is 80.5 cm³/mol. The van der Waals surface area contributed by atoms with Crippen LogP contribution in [0.15, 0.2) is 0 Å². The summed E-state index contributed by atoms with van der Waals surface area (Å²) in [4.78, 5) is 11.6. The number of carbonyl (C=O) groups is 1. The summed E-state index contributed by atoms with van der Waals surface area (Å²) in [6, 6.07) is -0.00197. The third-order valence-corrected chi connectivity index (χ3v) is 5.87. The Labute approximate surface area is 127 Å². The van der Waals surface area contributed by atoms with Gasteiger partial charge in [0.25, 0.3) is 0 Å². The number of amides is 1. The highest BCUT2D eigenvalue weighted by molar-refractivity contribution is 7.90. The first-order valence-corrected chi connectivity index (χ1v) is 9.21. The molecule has 6 nitrogen and oxygen atoms in total. The maximum absolute atomic E-state index is 12.2. The van der Waals surface area contributed by atoms with Crippen LogP contribution in [-0.2, 0) is 14.8 Å². The molecule has 122 valence electrons. The van der Waals surface area contributed by atoms with E-state index in [-0.39, 0.29) is 12.1 Å². The first-order valence-electron chi connectivity index (χ1n) is 7.66. The highest BCUT2D eigenvalue weighted by Crippen LogP contribution is 2.28. The van der Waals surface area contributed by atoms with Gasteiger partial charge in [-0.2, -0.15) is 0 Å². The van der Waals surface area contributed by atoms with Crippen molar-refractivity contribution in [2.24, 2.45) is 0 Å². The van der Waals surface area contributed by atoms with Gasteiger partial charge in [-0.3, -0.25) is 0 Å². The van der Waals surface area contributed by atoms with E-state index in [9.17, 15) is 13.2 Å². The van der Waals surface area contributed by atoms with Gasteiger partial charge in [0.2, 0.25) is 10.0 Å². The van der Waals surface area contributed by atoms with E-state index >= 15 is 0 Å². The SMILES string of the molecule is CC(C)(C)OC(=O)NC1CC(S(=O)(=O)NC2CCCC2)C1. The Morgan fingerprint density at radius 3 is 2.19 bits per heavy atom. The fourth-order valence-corrected chi connectivity index (χ4v) is 4.65. The lowest BCUT2D eigenvalue weighted by Gasteiger charge is -2.36. The van der Waals surface area contributed by atoms with Crippen LogP contribution >= 0.6 is 0 Å². The molecule has 2 aliphatic carbocycles. The minimum Gasteiger partial charge on any atom is -0.444 e. The van der Waals surface area contributed by atoms with Gasteiger partial charge in [-0.15, -0.1) is 0 Å². The summed E-state index contributed by atoms with van der Waals surface area (Å²) >= 11 is 0. The van der Waals surface area contributed by atoms with E-state index in [1.54, 1.807) is 20.8 Å². The molecule has 2 aliphatic rings. The first kappa shape index (κ1) is 16.5. The minimum atomic E-state index is -3.25. The van der Waals surface area contributed by atoms with Crippen LogP contribution in [0.2, 0.25) is 0 Å². The topological polar surface area (TPSA) is 84.5 Å². The van der Waals surface area contributed by atoms with Crippen molar-refractivity contribution in [2.45, 2.75) is 82.2 Å². The number of rotatable bonds is 4. The Balaban J connectivity index is 1.74. The van der Waals surface area contributed by atoms with Gasteiger partial charge in [0.1, 0.15) is 5.60 Å². The highest BCUT2D eigenvalue weighted by atomic mass is 32.2. The summed E-state index contributed by atoms with van der Waals surface area (Å²) in [5.74, 6) is 0. The van der Waals surface area contributed by atoms with E-state index in [0.29, 0.717) is 12.8 Å². The summed E-state index contributed by atoms with van der Waals surface area (Å²) in [6.07, 6.45) is 4.51. The lowest BCUT2D eigenvalue weighted by Crippen LogP contribution is -2.54. The van der Waals surface area contributed by atoms with E-state index in [0.717, 1.165) is 25.7 Å². The maximum atomic E-state index is 12.2. The van der Waals surface area contributed by atoms with Gasteiger partial charge in [0.15, 0.2) is 0 Å². The molecule has 0 aromatic carbocycles. The van der Waals surface area contributed by atoms with Crippen molar-refractivity contribution in [1.82, 2.24) is 10.0 Å². The second kappa shape index (κ2) is 6.12. The fourth-order valence-electron chi connectivity index (χ4n) is 2.78. The molecule has 0 aromatic heterocycles. The van der Waals surface area contributed by atoms with Gasteiger partial charge < -0.3 is 10.1 Å². The largest absolute Gasteiger partial charge is 0.444 e. The number of hydrogen-bond acceptors (Lipinski definition) is 4. The average Bonchev–Trinajstić information content (AvgIpc) is 2.71. The van der Waals surface area contributed by atoms with Crippen molar-refractivity contribution in [1.29, 1.82) is 0 Å². The van der Waals surface area contributed by atoms with Crippen molar-refractivity contribution >= 4 is 16.1 Å². The van der Waals surface area contributed by atoms with Gasteiger partial charge >= 0.3 is 6.09 Å². The summed E-state index contributed by atoms with van der Waals surface area (Å²) < 4.78 is 32.3. The number of ether oxygens (including phenoxy) is 1. The Bertz CT molecular complexity index is 472. The van der Waals surface area contributed by atoms with Gasteiger partial charge in [-0.05, 0) is 46.5 Å². The lowest BCUT2D eigenvalue weighted by atomic mass is 9.92. The molecule has 0 radical (unpaired) electrons. The van der Waals surface area contributed by atoms with Crippen LogP contribution in [0, 0.1) is 0 Å². The van der Waals surface area contributed by atoms with E-state index in [1.807, 2.05) is 0 Å². The predicted octanol–water partition coefficient (Wildman–Crippen LogP) is 1.90. The average molecular weight is 318 g/mol. The quantitative estimate of drug-likeness (QED) is 0.829. The molecule has 0 heterocycles. The van der Waals surface area contributed by atoms with Gasteiger partial charge in [-0.1, -0.05) is 12.8 Å². The molecule has 21 heavy (non-hydrogen) atoms. The molecule has 0 atom stereocenters. The molecule has 7 heteroatoms. The lowest BCUT2D eigenvalue weighted by molar-refractivity contribution is 0.0480. The standard InChI is InChI=1S/C14H26N2O4S/c1-14(2,3)20-13(17)15-11-8-12(9-11)21(18,19)16-10-6-4-5-7-10/h10-12,16H,4-9H2,1-3H3,(H,15,17). The second-order valence-corrected chi connectivity index (χ2v) is 9.07. The number of sulfonamides is 1. The van der Waals surface area contributed by atoms with Crippen molar-refractivity contribution in [2.75, 3.05) is 0 Å². The Morgan fingerprint density at radius 1 is 1.10 bits per heavy atom. The minimum absolute atomic E-state index is 0.105. The van der Waals surface area contributed by atoms with Crippen LogP contribution in [0.4, 0.5) is 4.79 Å². The third-order valence-electron chi connectivity index (χ3n) is 3.94. The zero-order valence-corrected chi connectivity index (χ0v) is 13.8. The second-order valence-electron chi connectivity index (χ2n) is 7.08. The summed E-state index contributed by atoms with van der Waals surface area (Å²) in [5.41, 5.74) is -0.538. The summed E-state index contributed by atoms with van der Waals surface area (Å²) in [6.45, 7) is 5.39. The third kappa shape index (κ3) is 4.85. The molecular weight excluding hydrogens is 292 g/mol. The molecule has 2 N–H and O–H groups in total. The molecule has 0 saturated heterocycles. The van der Waals surface area contributed by atoms with Crippen molar-refractivity contribution in [3.63, 3.8) is 0 Å². The Hall–Kier alpha value is -0.820. The van der Waals surface area contributed by atoms with Crippen LogP contribution in [0.1, 0.15) is 59.3 Å². The van der Waals surface area contributed by atoms with Crippen LogP contribution in [0.5, 0.6) is 0 Å². The van der Waals surface area contributed by atoms with Gasteiger partial charge in [-0.25, -0.2) is 17.9 Å². The number of alkyl carbamates (subject to hydrolysis) is 1. The van der Waals surface area contributed by atoms with Crippen molar-refractivity contribution < 1.29 is 17.9 Å². The van der Waals surface area contributed by atoms with E-state index < -0.39 is 27.0 Å². The number of nitrogens with one attached hydrogen (secondary N) is 2. The molecule has 0 unspecified atom stereocenters. The van der Waals surface area contributed by atoms with Crippen LogP contribution in [0.3, 0.4) is 0 Å². The number of carbonyl (C=O) groups excluding carboxylic acids is 1. The molecule has 2 rings (SSSR count). The fraction of sp³-hybridized carbons (Fsp3) is 0.929. The van der Waals surface area contributed by atoms with E-state index in [4.69, 9.17) is 4.74 Å². The monoisotopic (exact) mass is 318 g/mol. The molecule has 0 aliphatic heterocycles. The molecule has 2 saturated carbocycles. The molecule has 0 bridgehead atoms. The van der Waals surface area contributed by atoms with Crippen LogP contribution in [-0.4, -0.2) is 37.4 Å². The van der Waals surface area contributed by atoms with Gasteiger partial charge in [0.05, 0.1) is 5.25 Å². The zero-order chi connectivity index (χ0) is 15.7.